The molecule has 0 saturated carbocycles. The molecule has 0 aliphatic carbocycles. The summed E-state index contributed by atoms with van der Waals surface area (Å²) in [6.45, 7) is 1.91. The van der Waals surface area contributed by atoms with Crippen LogP contribution in [0.4, 0.5) is 4.39 Å². The molecule has 14 heavy (non-hydrogen) atoms. The van der Waals surface area contributed by atoms with Gasteiger partial charge in [-0.1, -0.05) is 12.1 Å². The number of hydrogen-bond acceptors (Lipinski definition) is 2. The Morgan fingerprint density at radius 3 is 2.50 bits per heavy atom. The van der Waals surface area contributed by atoms with Gasteiger partial charge >= 0.3 is 0 Å². The molecule has 2 nitrogen and oxygen atoms in total. The highest BCUT2D eigenvalue weighted by atomic mass is 19.1. The molecule has 0 spiro atoms. The van der Waals surface area contributed by atoms with E-state index in [1.165, 1.54) is 12.1 Å². The number of rotatable bonds is 1. The van der Waals surface area contributed by atoms with Crippen LogP contribution in [0.25, 0.3) is 11.4 Å². The molecule has 2 aromatic rings. The fourth-order valence-electron chi connectivity index (χ4n) is 1.17. The molecule has 0 N–H and O–H groups in total. The summed E-state index contributed by atoms with van der Waals surface area (Å²) < 4.78 is 12.9. The lowest BCUT2D eigenvalue weighted by atomic mass is 10.2. The van der Waals surface area contributed by atoms with Crippen molar-refractivity contribution in [3.8, 4) is 11.4 Å². The average molecular weight is 188 g/mol. The van der Waals surface area contributed by atoms with Crippen LogP contribution < -0.4 is 0 Å². The Morgan fingerprint density at radius 1 is 1.14 bits per heavy atom. The van der Waals surface area contributed by atoms with E-state index in [9.17, 15) is 4.39 Å². The van der Waals surface area contributed by atoms with Crippen LogP contribution in [0, 0.1) is 12.7 Å². The van der Waals surface area contributed by atoms with Crippen molar-refractivity contribution < 1.29 is 4.39 Å². The zero-order chi connectivity index (χ0) is 9.97. The molecule has 1 heterocycles. The predicted octanol–water partition coefficient (Wildman–Crippen LogP) is 2.59. The van der Waals surface area contributed by atoms with Crippen LogP contribution in [0.2, 0.25) is 0 Å². The highest BCUT2D eigenvalue weighted by Crippen LogP contribution is 2.14. The van der Waals surface area contributed by atoms with Gasteiger partial charge in [0.15, 0.2) is 5.82 Å². The van der Waals surface area contributed by atoms with Crippen LogP contribution >= 0.6 is 0 Å². The third-order valence-corrected chi connectivity index (χ3v) is 1.86. The SMILES string of the molecule is Cc1cnc(-c2cccc(F)c2)nc1. The van der Waals surface area contributed by atoms with E-state index in [1.54, 1.807) is 24.5 Å². The van der Waals surface area contributed by atoms with Crippen LogP contribution in [0.15, 0.2) is 36.7 Å². The molecule has 2 rings (SSSR count). The van der Waals surface area contributed by atoms with E-state index in [1.807, 2.05) is 6.92 Å². The molecule has 0 radical (unpaired) electrons. The highest BCUT2D eigenvalue weighted by molar-refractivity contribution is 5.54. The highest BCUT2D eigenvalue weighted by Gasteiger charge is 2.00. The van der Waals surface area contributed by atoms with Gasteiger partial charge in [0.2, 0.25) is 0 Å². The second-order valence-electron chi connectivity index (χ2n) is 3.09. The van der Waals surface area contributed by atoms with E-state index in [-0.39, 0.29) is 5.82 Å². The Labute approximate surface area is 81.5 Å². The number of benzene rings is 1. The van der Waals surface area contributed by atoms with Crippen molar-refractivity contribution in [2.24, 2.45) is 0 Å². The summed E-state index contributed by atoms with van der Waals surface area (Å²) in [6.07, 6.45) is 3.43. The summed E-state index contributed by atoms with van der Waals surface area (Å²) in [7, 11) is 0. The number of nitrogens with zero attached hydrogens (tertiary/aromatic N) is 2. The first-order valence-corrected chi connectivity index (χ1v) is 4.30. The number of aromatic nitrogens is 2. The van der Waals surface area contributed by atoms with Crippen molar-refractivity contribution in [1.29, 1.82) is 0 Å². The maximum atomic E-state index is 12.9. The molecule has 0 aliphatic rings. The van der Waals surface area contributed by atoms with E-state index in [0.717, 1.165) is 5.56 Å². The standard InChI is InChI=1S/C11H9FN2/c1-8-6-13-11(14-7-8)9-3-2-4-10(12)5-9/h2-7H,1H3. The largest absolute Gasteiger partial charge is 0.236 e. The third-order valence-electron chi connectivity index (χ3n) is 1.86. The Bertz CT molecular complexity index is 437. The van der Waals surface area contributed by atoms with Crippen LogP contribution in [-0.4, -0.2) is 9.97 Å². The van der Waals surface area contributed by atoms with Gasteiger partial charge in [-0.05, 0) is 24.6 Å². The zero-order valence-corrected chi connectivity index (χ0v) is 7.74. The molecule has 0 unspecified atom stereocenters. The van der Waals surface area contributed by atoms with Crippen molar-refractivity contribution in [3.05, 3.63) is 48.0 Å². The summed E-state index contributed by atoms with van der Waals surface area (Å²) in [5.74, 6) is 0.279. The minimum absolute atomic E-state index is 0.272. The van der Waals surface area contributed by atoms with E-state index in [2.05, 4.69) is 9.97 Å². The van der Waals surface area contributed by atoms with Gasteiger partial charge in [0.1, 0.15) is 5.82 Å². The molecular formula is C11H9FN2. The molecule has 0 aliphatic heterocycles. The van der Waals surface area contributed by atoms with Crippen LogP contribution in [-0.2, 0) is 0 Å². The van der Waals surface area contributed by atoms with Crippen molar-refractivity contribution in [1.82, 2.24) is 9.97 Å². The second kappa shape index (κ2) is 3.54. The predicted molar refractivity (Wildman–Crippen MR) is 52.2 cm³/mol. The van der Waals surface area contributed by atoms with E-state index in [0.29, 0.717) is 11.4 Å². The molecular weight excluding hydrogens is 179 g/mol. The van der Waals surface area contributed by atoms with Crippen LogP contribution in [0.1, 0.15) is 5.56 Å². The fraction of sp³-hybridized carbons (Fsp3) is 0.0909. The molecule has 1 aromatic carbocycles. The Morgan fingerprint density at radius 2 is 1.86 bits per heavy atom. The summed E-state index contributed by atoms with van der Waals surface area (Å²) in [4.78, 5) is 8.22. The van der Waals surface area contributed by atoms with Gasteiger partial charge in [0.25, 0.3) is 0 Å². The van der Waals surface area contributed by atoms with E-state index >= 15 is 0 Å². The second-order valence-corrected chi connectivity index (χ2v) is 3.09. The summed E-state index contributed by atoms with van der Waals surface area (Å²) in [5, 5.41) is 0. The van der Waals surface area contributed by atoms with Gasteiger partial charge in [-0.15, -0.1) is 0 Å². The molecule has 0 bridgehead atoms. The van der Waals surface area contributed by atoms with Gasteiger partial charge in [-0.3, -0.25) is 0 Å². The van der Waals surface area contributed by atoms with Gasteiger partial charge in [0, 0.05) is 18.0 Å². The van der Waals surface area contributed by atoms with Crippen LogP contribution in [0.5, 0.6) is 0 Å². The maximum Gasteiger partial charge on any atom is 0.159 e. The Kier molecular flexibility index (Phi) is 2.23. The molecule has 0 amide bonds. The van der Waals surface area contributed by atoms with Crippen molar-refractivity contribution in [2.45, 2.75) is 6.92 Å². The molecule has 1 aromatic heterocycles. The lowest BCUT2D eigenvalue weighted by molar-refractivity contribution is 0.628. The normalized spacial score (nSPS) is 10.1. The first-order valence-electron chi connectivity index (χ1n) is 4.30. The lowest BCUT2D eigenvalue weighted by Crippen LogP contribution is -1.89. The molecule has 0 saturated heterocycles. The smallest absolute Gasteiger partial charge is 0.159 e. The van der Waals surface area contributed by atoms with Gasteiger partial charge in [0.05, 0.1) is 0 Å². The number of hydrogen-bond donors (Lipinski definition) is 0. The molecule has 70 valence electrons. The molecule has 0 fully saturated rings. The quantitative estimate of drug-likeness (QED) is 0.687. The van der Waals surface area contributed by atoms with Gasteiger partial charge in [-0.2, -0.15) is 0 Å². The summed E-state index contributed by atoms with van der Waals surface area (Å²) in [5.41, 5.74) is 1.69. The van der Waals surface area contributed by atoms with E-state index < -0.39 is 0 Å². The first-order chi connectivity index (χ1) is 6.75. The Hall–Kier alpha value is -1.77. The maximum absolute atomic E-state index is 12.9. The lowest BCUT2D eigenvalue weighted by Gasteiger charge is -1.99. The van der Waals surface area contributed by atoms with Gasteiger partial charge in [-0.25, -0.2) is 14.4 Å². The van der Waals surface area contributed by atoms with Crippen molar-refractivity contribution in [3.63, 3.8) is 0 Å². The minimum Gasteiger partial charge on any atom is -0.236 e. The number of aryl methyl sites for hydroxylation is 1. The van der Waals surface area contributed by atoms with E-state index in [4.69, 9.17) is 0 Å². The third kappa shape index (κ3) is 1.76. The summed E-state index contributed by atoms with van der Waals surface area (Å²) >= 11 is 0. The zero-order valence-electron chi connectivity index (χ0n) is 7.74. The van der Waals surface area contributed by atoms with Gasteiger partial charge < -0.3 is 0 Å². The van der Waals surface area contributed by atoms with Crippen molar-refractivity contribution in [2.75, 3.05) is 0 Å². The minimum atomic E-state index is -0.272. The van der Waals surface area contributed by atoms with Crippen LogP contribution in [0.3, 0.4) is 0 Å². The average Bonchev–Trinajstić information content (AvgIpc) is 2.19. The Balaban J connectivity index is 2.44. The fourth-order valence-corrected chi connectivity index (χ4v) is 1.17. The monoisotopic (exact) mass is 188 g/mol. The topological polar surface area (TPSA) is 25.8 Å². The molecule has 0 atom stereocenters. The number of halogens is 1. The first kappa shape index (κ1) is 8.81. The summed E-state index contributed by atoms with van der Waals surface area (Å²) in [6, 6.07) is 6.25. The molecule has 3 heteroatoms. The van der Waals surface area contributed by atoms with Crippen molar-refractivity contribution >= 4 is 0 Å².